The second kappa shape index (κ2) is 6.42. The molecule has 2 saturated heterocycles. The normalized spacial score (nSPS) is 30.2. The SMILES string of the molecule is CCOC1CC(NC(=O)NN2CCCC2=O)C12CCOCC2. The highest BCUT2D eigenvalue weighted by Gasteiger charge is 2.56. The summed E-state index contributed by atoms with van der Waals surface area (Å²) in [6.45, 7) is 4.72. The van der Waals surface area contributed by atoms with E-state index in [1.807, 2.05) is 6.92 Å². The fraction of sp³-hybridized carbons (Fsp3) is 0.867. The molecule has 22 heavy (non-hydrogen) atoms. The van der Waals surface area contributed by atoms with Crippen molar-refractivity contribution in [2.75, 3.05) is 26.4 Å². The third-order valence-corrected chi connectivity index (χ3v) is 5.19. The lowest BCUT2D eigenvalue weighted by Gasteiger charge is -2.57. The number of nitrogens with zero attached hydrogens (tertiary/aromatic N) is 1. The van der Waals surface area contributed by atoms with Crippen molar-refractivity contribution in [2.24, 2.45) is 5.41 Å². The third kappa shape index (κ3) is 2.79. The highest BCUT2D eigenvalue weighted by Crippen LogP contribution is 2.50. The van der Waals surface area contributed by atoms with Crippen LogP contribution in [0, 0.1) is 5.41 Å². The molecule has 3 fully saturated rings. The van der Waals surface area contributed by atoms with E-state index < -0.39 is 0 Å². The minimum absolute atomic E-state index is 0.0133. The van der Waals surface area contributed by atoms with E-state index in [1.165, 1.54) is 5.01 Å². The summed E-state index contributed by atoms with van der Waals surface area (Å²) in [5, 5.41) is 4.44. The van der Waals surface area contributed by atoms with Gasteiger partial charge in [0.25, 0.3) is 0 Å². The average molecular weight is 311 g/mol. The first-order chi connectivity index (χ1) is 10.7. The van der Waals surface area contributed by atoms with Crippen LogP contribution in [0.1, 0.15) is 39.0 Å². The minimum atomic E-state index is -0.291. The fourth-order valence-corrected chi connectivity index (χ4v) is 3.89. The Bertz CT molecular complexity index is 437. The molecule has 2 heterocycles. The molecule has 2 N–H and O–H groups in total. The van der Waals surface area contributed by atoms with Crippen LogP contribution in [-0.2, 0) is 14.3 Å². The van der Waals surface area contributed by atoms with Gasteiger partial charge in [-0.3, -0.25) is 9.80 Å². The molecule has 1 saturated carbocycles. The van der Waals surface area contributed by atoms with Crippen LogP contribution in [0.2, 0.25) is 0 Å². The van der Waals surface area contributed by atoms with Crippen LogP contribution in [0.4, 0.5) is 4.79 Å². The topological polar surface area (TPSA) is 79.9 Å². The van der Waals surface area contributed by atoms with Crippen molar-refractivity contribution in [3.63, 3.8) is 0 Å². The molecule has 3 rings (SSSR count). The van der Waals surface area contributed by atoms with Crippen molar-refractivity contribution < 1.29 is 19.1 Å². The highest BCUT2D eigenvalue weighted by atomic mass is 16.5. The van der Waals surface area contributed by atoms with Gasteiger partial charge in [0.05, 0.1) is 6.10 Å². The zero-order valence-corrected chi connectivity index (χ0v) is 13.1. The van der Waals surface area contributed by atoms with E-state index in [-0.39, 0.29) is 29.5 Å². The van der Waals surface area contributed by atoms with Crippen LogP contribution >= 0.6 is 0 Å². The van der Waals surface area contributed by atoms with E-state index in [4.69, 9.17) is 9.47 Å². The van der Waals surface area contributed by atoms with Crippen LogP contribution in [0.5, 0.6) is 0 Å². The second-order valence-corrected chi connectivity index (χ2v) is 6.31. The smallest absolute Gasteiger partial charge is 0.333 e. The van der Waals surface area contributed by atoms with Gasteiger partial charge in [0.15, 0.2) is 0 Å². The van der Waals surface area contributed by atoms with Crippen molar-refractivity contribution >= 4 is 11.9 Å². The molecule has 0 aromatic heterocycles. The molecule has 7 heteroatoms. The summed E-state index contributed by atoms with van der Waals surface area (Å²) in [7, 11) is 0. The van der Waals surface area contributed by atoms with Gasteiger partial charge in [-0.15, -0.1) is 0 Å². The molecule has 0 aromatic carbocycles. The van der Waals surface area contributed by atoms with Gasteiger partial charge in [-0.25, -0.2) is 10.2 Å². The molecule has 2 aliphatic heterocycles. The summed E-state index contributed by atoms with van der Waals surface area (Å²) in [6, 6.07) is -0.202. The van der Waals surface area contributed by atoms with Gasteiger partial charge in [0, 0.05) is 44.2 Å². The number of carbonyl (C=O) groups is 2. The number of rotatable bonds is 4. The Morgan fingerprint density at radius 2 is 2.23 bits per heavy atom. The van der Waals surface area contributed by atoms with Crippen LogP contribution in [-0.4, -0.2) is 55.5 Å². The van der Waals surface area contributed by atoms with Crippen LogP contribution < -0.4 is 10.7 Å². The molecule has 0 aromatic rings. The van der Waals surface area contributed by atoms with Crippen molar-refractivity contribution in [1.82, 2.24) is 15.8 Å². The molecular weight excluding hydrogens is 286 g/mol. The molecule has 0 radical (unpaired) electrons. The monoisotopic (exact) mass is 311 g/mol. The summed E-state index contributed by atoms with van der Waals surface area (Å²) in [4.78, 5) is 23.7. The summed E-state index contributed by atoms with van der Waals surface area (Å²) >= 11 is 0. The van der Waals surface area contributed by atoms with Crippen LogP contribution in [0.3, 0.4) is 0 Å². The van der Waals surface area contributed by atoms with Crippen LogP contribution in [0.25, 0.3) is 0 Å². The van der Waals surface area contributed by atoms with E-state index >= 15 is 0 Å². The number of hydrogen-bond donors (Lipinski definition) is 2. The fourth-order valence-electron chi connectivity index (χ4n) is 3.89. The van der Waals surface area contributed by atoms with Crippen LogP contribution in [0.15, 0.2) is 0 Å². The minimum Gasteiger partial charge on any atom is -0.381 e. The Balaban J connectivity index is 1.57. The number of hydrogen-bond acceptors (Lipinski definition) is 4. The third-order valence-electron chi connectivity index (χ3n) is 5.19. The Morgan fingerprint density at radius 1 is 1.45 bits per heavy atom. The van der Waals surface area contributed by atoms with Gasteiger partial charge < -0.3 is 14.8 Å². The second-order valence-electron chi connectivity index (χ2n) is 6.31. The number of nitrogens with one attached hydrogen (secondary N) is 2. The maximum absolute atomic E-state index is 12.2. The molecule has 1 aliphatic carbocycles. The highest BCUT2D eigenvalue weighted by molar-refractivity contribution is 5.82. The average Bonchev–Trinajstić information content (AvgIpc) is 2.92. The number of urea groups is 1. The van der Waals surface area contributed by atoms with E-state index in [0.717, 1.165) is 25.7 Å². The van der Waals surface area contributed by atoms with Crippen molar-refractivity contribution in [3.8, 4) is 0 Å². The van der Waals surface area contributed by atoms with E-state index in [1.54, 1.807) is 0 Å². The van der Waals surface area contributed by atoms with E-state index in [9.17, 15) is 9.59 Å². The van der Waals surface area contributed by atoms with E-state index in [2.05, 4.69) is 10.7 Å². The van der Waals surface area contributed by atoms with Gasteiger partial charge in [-0.2, -0.15) is 0 Å². The number of hydrazine groups is 1. The maximum Gasteiger partial charge on any atom is 0.333 e. The molecule has 3 aliphatic rings. The zero-order chi connectivity index (χ0) is 15.6. The van der Waals surface area contributed by atoms with Gasteiger partial charge in [0.2, 0.25) is 5.91 Å². The molecule has 3 amide bonds. The van der Waals surface area contributed by atoms with Crippen molar-refractivity contribution in [1.29, 1.82) is 0 Å². The van der Waals surface area contributed by atoms with E-state index in [0.29, 0.717) is 32.8 Å². The summed E-state index contributed by atoms with van der Waals surface area (Å²) in [5.74, 6) is -0.0169. The maximum atomic E-state index is 12.2. The Morgan fingerprint density at radius 3 is 2.86 bits per heavy atom. The summed E-state index contributed by atoms with van der Waals surface area (Å²) in [5.41, 5.74) is 2.64. The molecule has 1 spiro atoms. The van der Waals surface area contributed by atoms with Crippen molar-refractivity contribution in [2.45, 2.75) is 51.2 Å². The first-order valence-corrected chi connectivity index (χ1v) is 8.22. The van der Waals surface area contributed by atoms with Gasteiger partial charge in [0.1, 0.15) is 0 Å². The standard InChI is InChI=1S/C15H25N3O4/c1-2-22-12-10-11(15(12)5-8-21-9-6-15)16-14(20)17-18-7-3-4-13(18)19/h11-12H,2-10H2,1H3,(H2,16,17,20). The van der Waals surface area contributed by atoms with Crippen molar-refractivity contribution in [3.05, 3.63) is 0 Å². The lowest BCUT2D eigenvalue weighted by atomic mass is 9.57. The summed E-state index contributed by atoms with van der Waals surface area (Å²) < 4.78 is 11.3. The number of ether oxygens (including phenoxy) is 2. The largest absolute Gasteiger partial charge is 0.381 e. The molecule has 7 nitrogen and oxygen atoms in total. The summed E-state index contributed by atoms with van der Waals surface area (Å²) in [6.07, 6.45) is 4.15. The quantitative estimate of drug-likeness (QED) is 0.805. The molecule has 2 atom stereocenters. The lowest BCUT2D eigenvalue weighted by molar-refractivity contribution is -0.170. The molecule has 0 bridgehead atoms. The Labute approximate surface area is 130 Å². The Hall–Kier alpha value is -1.34. The lowest BCUT2D eigenvalue weighted by Crippen LogP contribution is -2.68. The molecule has 124 valence electrons. The zero-order valence-electron chi connectivity index (χ0n) is 13.1. The number of amides is 3. The number of carbonyl (C=O) groups excluding carboxylic acids is 2. The predicted octanol–water partition coefficient (Wildman–Crippen LogP) is 0.797. The first-order valence-electron chi connectivity index (χ1n) is 8.22. The molecular formula is C15H25N3O4. The molecule has 2 unspecified atom stereocenters. The van der Waals surface area contributed by atoms with Gasteiger partial charge in [-0.1, -0.05) is 0 Å². The van der Waals surface area contributed by atoms with Gasteiger partial charge >= 0.3 is 6.03 Å². The Kier molecular flexibility index (Phi) is 4.54. The predicted molar refractivity (Wildman–Crippen MR) is 78.9 cm³/mol. The first kappa shape index (κ1) is 15.6. The van der Waals surface area contributed by atoms with Gasteiger partial charge in [-0.05, 0) is 32.6 Å².